The maximum atomic E-state index is 12.6. The first kappa shape index (κ1) is 21.6. The van der Waals surface area contributed by atoms with Crippen LogP contribution in [-0.4, -0.2) is 52.2 Å². The van der Waals surface area contributed by atoms with Crippen LogP contribution in [0.3, 0.4) is 0 Å². The number of hydrogen-bond acceptors (Lipinski definition) is 8. The van der Waals surface area contributed by atoms with Gasteiger partial charge in [-0.15, -0.1) is 0 Å². The van der Waals surface area contributed by atoms with Crippen LogP contribution >= 0.6 is 0 Å². The lowest BCUT2D eigenvalue weighted by atomic mass is 10.2. The number of aliphatic hydroxyl groups is 1. The molecule has 146 valence electrons. The summed E-state index contributed by atoms with van der Waals surface area (Å²) in [6.07, 6.45) is -0.332. The number of ether oxygens (including phenoxy) is 3. The largest absolute Gasteiger partial charge is 0.478 e. The molecule has 0 fully saturated rings. The first-order valence-electron chi connectivity index (χ1n) is 8.15. The molecule has 1 N–H and O–H groups in total. The smallest absolute Gasteiger partial charge is 0.425 e. The molecule has 0 bridgehead atoms. The Morgan fingerprint density at radius 3 is 1.96 bits per heavy atom. The van der Waals surface area contributed by atoms with Crippen molar-refractivity contribution in [2.24, 2.45) is 0 Å². The minimum atomic E-state index is -0.964. The molecule has 0 atom stereocenters. The van der Waals surface area contributed by atoms with E-state index in [1.165, 1.54) is 13.3 Å². The van der Waals surface area contributed by atoms with Gasteiger partial charge in [-0.2, -0.15) is 4.90 Å². The Hall–Kier alpha value is -2.42. The van der Waals surface area contributed by atoms with E-state index in [9.17, 15) is 9.59 Å². The van der Waals surface area contributed by atoms with Crippen molar-refractivity contribution < 1.29 is 28.9 Å². The highest BCUT2D eigenvalue weighted by atomic mass is 16.6. The fourth-order valence-corrected chi connectivity index (χ4v) is 1.79. The van der Waals surface area contributed by atoms with Gasteiger partial charge in [0.1, 0.15) is 11.2 Å². The maximum absolute atomic E-state index is 12.6. The summed E-state index contributed by atoms with van der Waals surface area (Å²) in [6, 6.07) is 0. The normalized spacial score (nSPS) is 11.7. The van der Waals surface area contributed by atoms with Crippen molar-refractivity contribution in [1.82, 2.24) is 9.97 Å². The lowest BCUT2D eigenvalue weighted by Gasteiger charge is -2.28. The van der Waals surface area contributed by atoms with Gasteiger partial charge in [-0.25, -0.2) is 19.6 Å². The zero-order valence-corrected chi connectivity index (χ0v) is 16.3. The molecule has 1 aromatic heterocycles. The fourth-order valence-electron chi connectivity index (χ4n) is 1.79. The van der Waals surface area contributed by atoms with Crippen LogP contribution in [0.5, 0.6) is 5.88 Å². The number of imide groups is 1. The number of rotatable bonds is 4. The number of carbonyl (C=O) groups is 2. The van der Waals surface area contributed by atoms with E-state index >= 15 is 0 Å². The van der Waals surface area contributed by atoms with Crippen LogP contribution < -0.4 is 9.64 Å². The van der Waals surface area contributed by atoms with Gasteiger partial charge in [0.15, 0.2) is 0 Å². The van der Waals surface area contributed by atoms with Gasteiger partial charge >= 0.3 is 12.2 Å². The second-order valence-corrected chi connectivity index (χ2v) is 7.46. The molecule has 1 rings (SSSR count). The maximum Gasteiger partial charge on any atom is 0.425 e. The van der Waals surface area contributed by atoms with Crippen LogP contribution in [0.2, 0.25) is 0 Å². The van der Waals surface area contributed by atoms with Crippen LogP contribution in [0.1, 0.15) is 47.2 Å². The number of anilines is 1. The van der Waals surface area contributed by atoms with Crippen molar-refractivity contribution in [2.45, 2.75) is 59.2 Å². The summed E-state index contributed by atoms with van der Waals surface area (Å²) >= 11 is 0. The molecule has 0 unspecified atom stereocenters. The Morgan fingerprint density at radius 1 is 1.08 bits per heavy atom. The second kappa shape index (κ2) is 8.31. The highest BCUT2D eigenvalue weighted by Gasteiger charge is 2.36. The van der Waals surface area contributed by atoms with Crippen molar-refractivity contribution in [3.05, 3.63) is 11.9 Å². The van der Waals surface area contributed by atoms with Crippen molar-refractivity contribution in [3.8, 4) is 5.88 Å². The van der Waals surface area contributed by atoms with Gasteiger partial charge in [-0.05, 0) is 41.5 Å². The Labute approximate surface area is 153 Å². The molecule has 0 aromatic carbocycles. The van der Waals surface area contributed by atoms with E-state index in [0.29, 0.717) is 10.6 Å². The summed E-state index contributed by atoms with van der Waals surface area (Å²) in [4.78, 5) is 34.1. The van der Waals surface area contributed by atoms with Crippen molar-refractivity contribution in [1.29, 1.82) is 0 Å². The number of nitrogens with zero attached hydrogens (tertiary/aromatic N) is 3. The lowest BCUT2D eigenvalue weighted by Crippen LogP contribution is -2.44. The zero-order valence-electron chi connectivity index (χ0n) is 16.3. The van der Waals surface area contributed by atoms with Crippen LogP contribution in [0, 0.1) is 0 Å². The number of methoxy groups -OCH3 is 1. The second-order valence-electron chi connectivity index (χ2n) is 7.46. The Bertz CT molecular complexity index is 621. The molecule has 0 saturated carbocycles. The molecule has 0 aliphatic carbocycles. The standard InChI is InChI=1S/C17H27N3O6/c1-16(2,3)25-14(22)20(15(23)26-17(4,5)6)12-13(24-7)19-11(8-9-21)10-18-12/h10,21H,8-9H2,1-7H3. The summed E-state index contributed by atoms with van der Waals surface area (Å²) in [5, 5.41) is 9.03. The molecule has 0 radical (unpaired) electrons. The molecule has 1 heterocycles. The van der Waals surface area contributed by atoms with Crippen molar-refractivity contribution >= 4 is 18.0 Å². The van der Waals surface area contributed by atoms with Crippen LogP contribution in [0.4, 0.5) is 15.4 Å². The molecule has 26 heavy (non-hydrogen) atoms. The predicted octanol–water partition coefficient (Wildman–Crippen LogP) is 2.70. The quantitative estimate of drug-likeness (QED) is 0.862. The number of aliphatic hydroxyl groups excluding tert-OH is 1. The molecule has 9 heteroatoms. The molecule has 1 aromatic rings. The van der Waals surface area contributed by atoms with Crippen molar-refractivity contribution in [2.75, 3.05) is 18.6 Å². The van der Waals surface area contributed by atoms with E-state index < -0.39 is 23.4 Å². The number of aromatic nitrogens is 2. The van der Waals surface area contributed by atoms with Gasteiger partial charge < -0.3 is 19.3 Å². The first-order valence-corrected chi connectivity index (χ1v) is 8.15. The van der Waals surface area contributed by atoms with Gasteiger partial charge in [0.2, 0.25) is 5.82 Å². The van der Waals surface area contributed by atoms with E-state index in [0.717, 1.165) is 0 Å². The third kappa shape index (κ3) is 6.47. The van der Waals surface area contributed by atoms with Gasteiger partial charge in [-0.1, -0.05) is 0 Å². The summed E-state index contributed by atoms with van der Waals surface area (Å²) in [7, 11) is 1.33. The summed E-state index contributed by atoms with van der Waals surface area (Å²) in [5.41, 5.74) is -1.23. The predicted molar refractivity (Wildman–Crippen MR) is 94.3 cm³/mol. The Kier molecular flexibility index (Phi) is 6.91. The third-order valence-corrected chi connectivity index (χ3v) is 2.70. The van der Waals surface area contributed by atoms with E-state index in [1.807, 2.05) is 0 Å². The summed E-state index contributed by atoms with van der Waals surface area (Å²) in [5.74, 6) is -0.217. The third-order valence-electron chi connectivity index (χ3n) is 2.70. The average Bonchev–Trinajstić information content (AvgIpc) is 2.45. The highest BCUT2D eigenvalue weighted by molar-refractivity contribution is 6.09. The molecule has 0 aliphatic heterocycles. The molecular weight excluding hydrogens is 342 g/mol. The summed E-state index contributed by atoms with van der Waals surface area (Å²) in [6.45, 7) is 9.91. The number of amides is 2. The minimum Gasteiger partial charge on any atom is -0.478 e. The van der Waals surface area contributed by atoms with Crippen LogP contribution in [-0.2, 0) is 15.9 Å². The van der Waals surface area contributed by atoms with E-state index in [4.69, 9.17) is 19.3 Å². The van der Waals surface area contributed by atoms with Crippen LogP contribution in [0.15, 0.2) is 6.20 Å². The van der Waals surface area contributed by atoms with Gasteiger partial charge in [-0.3, -0.25) is 0 Å². The average molecular weight is 369 g/mol. The Balaban J connectivity index is 3.35. The molecule has 0 saturated heterocycles. The van der Waals surface area contributed by atoms with Gasteiger partial charge in [0, 0.05) is 13.0 Å². The fraction of sp³-hybridized carbons (Fsp3) is 0.647. The molecular formula is C17H27N3O6. The minimum absolute atomic E-state index is 0.0623. The highest BCUT2D eigenvalue weighted by Crippen LogP contribution is 2.27. The lowest BCUT2D eigenvalue weighted by molar-refractivity contribution is 0.0427. The molecule has 0 aliphatic rings. The molecule has 0 spiro atoms. The summed E-state index contributed by atoms with van der Waals surface area (Å²) < 4.78 is 15.7. The Morgan fingerprint density at radius 2 is 1.58 bits per heavy atom. The number of carbonyl (C=O) groups excluding carboxylic acids is 2. The number of hydrogen-bond donors (Lipinski definition) is 1. The van der Waals surface area contributed by atoms with E-state index in [1.54, 1.807) is 41.5 Å². The van der Waals surface area contributed by atoms with Gasteiger partial charge in [0.05, 0.1) is 19.0 Å². The monoisotopic (exact) mass is 369 g/mol. The van der Waals surface area contributed by atoms with Gasteiger partial charge in [0.25, 0.3) is 5.88 Å². The SMILES string of the molecule is COc1nc(CCO)cnc1N(C(=O)OC(C)(C)C)C(=O)OC(C)(C)C. The van der Waals surface area contributed by atoms with E-state index in [-0.39, 0.29) is 24.7 Å². The first-order chi connectivity index (χ1) is 11.9. The van der Waals surface area contributed by atoms with Crippen LogP contribution in [0.25, 0.3) is 0 Å². The molecule has 2 amide bonds. The van der Waals surface area contributed by atoms with Crippen molar-refractivity contribution in [3.63, 3.8) is 0 Å². The molecule has 9 nitrogen and oxygen atoms in total. The zero-order chi connectivity index (χ0) is 20.1. The van der Waals surface area contributed by atoms with E-state index in [2.05, 4.69) is 9.97 Å². The topological polar surface area (TPSA) is 111 Å².